The molecule has 4 rings (SSSR count). The Morgan fingerprint density at radius 2 is 2.00 bits per heavy atom. The second kappa shape index (κ2) is 7.77. The summed E-state index contributed by atoms with van der Waals surface area (Å²) < 4.78 is 30.5. The fourth-order valence-corrected chi connectivity index (χ4v) is 4.57. The van der Waals surface area contributed by atoms with Crippen molar-refractivity contribution in [2.75, 3.05) is 10.5 Å². The highest BCUT2D eigenvalue weighted by Gasteiger charge is 2.20. The zero-order valence-corrected chi connectivity index (χ0v) is 17.4. The van der Waals surface area contributed by atoms with E-state index < -0.39 is 10.0 Å². The van der Waals surface area contributed by atoms with Gasteiger partial charge in [0.05, 0.1) is 22.7 Å². The molecule has 10 heteroatoms. The van der Waals surface area contributed by atoms with E-state index in [0.717, 1.165) is 5.69 Å². The van der Waals surface area contributed by atoms with Gasteiger partial charge in [0.25, 0.3) is 10.0 Å². The molecule has 0 amide bonds. The van der Waals surface area contributed by atoms with Crippen molar-refractivity contribution in [3.63, 3.8) is 0 Å². The lowest BCUT2D eigenvalue weighted by Gasteiger charge is -2.13. The number of aromatic nitrogens is 4. The molecule has 2 heterocycles. The monoisotopic (exact) mass is 440 g/mol. The van der Waals surface area contributed by atoms with Crippen molar-refractivity contribution in [2.24, 2.45) is 0 Å². The Balaban J connectivity index is 1.70. The van der Waals surface area contributed by atoms with E-state index in [1.54, 1.807) is 60.7 Å². The van der Waals surface area contributed by atoms with Crippen LogP contribution in [0, 0.1) is 6.92 Å². The lowest BCUT2D eigenvalue weighted by Crippen LogP contribution is -2.14. The SMILES string of the molecule is Cc1nc(N)ncc1-c1ccc(Cl)c(S(=O)(=O)Nc2cccc(-n3ccnc3)c2)c1. The Bertz CT molecular complexity index is 1320. The Morgan fingerprint density at radius 3 is 2.73 bits per heavy atom. The van der Waals surface area contributed by atoms with Crippen LogP contribution in [0.15, 0.2) is 72.3 Å². The van der Waals surface area contributed by atoms with Gasteiger partial charge in [0.1, 0.15) is 4.90 Å². The topological polar surface area (TPSA) is 116 Å². The van der Waals surface area contributed by atoms with Gasteiger partial charge in [0.2, 0.25) is 5.95 Å². The Morgan fingerprint density at radius 1 is 1.17 bits per heavy atom. The zero-order chi connectivity index (χ0) is 21.3. The molecule has 0 spiro atoms. The van der Waals surface area contributed by atoms with Crippen molar-refractivity contribution < 1.29 is 8.42 Å². The van der Waals surface area contributed by atoms with E-state index in [2.05, 4.69) is 19.7 Å². The molecular weight excluding hydrogens is 424 g/mol. The molecule has 0 unspecified atom stereocenters. The second-order valence-electron chi connectivity index (χ2n) is 6.50. The second-order valence-corrected chi connectivity index (χ2v) is 8.56. The molecule has 3 N–H and O–H groups in total. The van der Waals surface area contributed by atoms with E-state index in [0.29, 0.717) is 22.5 Å². The van der Waals surface area contributed by atoms with Gasteiger partial charge in [-0.1, -0.05) is 23.7 Å². The van der Waals surface area contributed by atoms with Gasteiger partial charge in [0, 0.05) is 29.8 Å². The maximum Gasteiger partial charge on any atom is 0.263 e. The lowest BCUT2D eigenvalue weighted by molar-refractivity contribution is 0.601. The highest BCUT2D eigenvalue weighted by molar-refractivity contribution is 7.92. The van der Waals surface area contributed by atoms with Crippen molar-refractivity contribution in [1.29, 1.82) is 0 Å². The number of anilines is 2. The normalized spacial score (nSPS) is 11.4. The Kier molecular flexibility index (Phi) is 5.15. The minimum absolute atomic E-state index is 0.0501. The van der Waals surface area contributed by atoms with Crippen LogP contribution in [0.25, 0.3) is 16.8 Å². The Labute approximate surface area is 178 Å². The van der Waals surface area contributed by atoms with Crippen molar-refractivity contribution in [3.8, 4) is 16.8 Å². The average molecular weight is 441 g/mol. The first-order valence-electron chi connectivity index (χ1n) is 8.84. The first kappa shape index (κ1) is 19.9. The highest BCUT2D eigenvalue weighted by Crippen LogP contribution is 2.31. The third-order valence-corrected chi connectivity index (χ3v) is 6.29. The highest BCUT2D eigenvalue weighted by atomic mass is 35.5. The van der Waals surface area contributed by atoms with Crippen LogP contribution in [0.4, 0.5) is 11.6 Å². The predicted molar refractivity (Wildman–Crippen MR) is 116 cm³/mol. The predicted octanol–water partition coefficient (Wildman–Crippen LogP) is 3.67. The van der Waals surface area contributed by atoms with E-state index in [1.165, 1.54) is 12.1 Å². The average Bonchev–Trinajstić information content (AvgIpc) is 3.23. The number of aryl methyl sites for hydroxylation is 1. The largest absolute Gasteiger partial charge is 0.368 e. The maximum absolute atomic E-state index is 13.1. The summed E-state index contributed by atoms with van der Waals surface area (Å²) in [6.07, 6.45) is 6.60. The summed E-state index contributed by atoms with van der Waals surface area (Å²) in [7, 11) is -3.95. The van der Waals surface area contributed by atoms with Crippen LogP contribution in [-0.4, -0.2) is 27.9 Å². The molecule has 0 radical (unpaired) electrons. The molecule has 4 aromatic rings. The van der Waals surface area contributed by atoms with Gasteiger partial charge in [0.15, 0.2) is 0 Å². The van der Waals surface area contributed by atoms with Crippen molar-refractivity contribution in [3.05, 3.63) is 78.1 Å². The van der Waals surface area contributed by atoms with Gasteiger partial charge in [-0.2, -0.15) is 0 Å². The van der Waals surface area contributed by atoms with Crippen LogP contribution >= 0.6 is 11.6 Å². The van der Waals surface area contributed by atoms with Crippen molar-refractivity contribution in [1.82, 2.24) is 19.5 Å². The molecule has 0 fully saturated rings. The van der Waals surface area contributed by atoms with E-state index in [9.17, 15) is 8.42 Å². The van der Waals surface area contributed by atoms with Gasteiger partial charge >= 0.3 is 0 Å². The Hall–Kier alpha value is -3.43. The summed E-state index contributed by atoms with van der Waals surface area (Å²) in [6.45, 7) is 1.77. The molecule has 0 aliphatic carbocycles. The third-order valence-electron chi connectivity index (χ3n) is 4.43. The number of imidazole rings is 1. The molecular formula is C20H17ClN6O2S. The summed E-state index contributed by atoms with van der Waals surface area (Å²) in [5, 5.41) is 0.103. The third kappa shape index (κ3) is 3.98. The maximum atomic E-state index is 13.1. The number of hydrogen-bond donors (Lipinski definition) is 2. The molecule has 2 aromatic heterocycles. The molecule has 30 heavy (non-hydrogen) atoms. The quantitative estimate of drug-likeness (QED) is 0.489. The standard InChI is InChI=1S/C20H17ClN6O2S/c1-13-17(11-24-20(22)25-13)14-5-6-18(21)19(9-14)30(28,29)26-15-3-2-4-16(10-15)27-8-7-23-12-27/h2-12,26H,1H3,(H2,22,24,25). The lowest BCUT2D eigenvalue weighted by atomic mass is 10.1. The molecule has 0 saturated carbocycles. The fourth-order valence-electron chi connectivity index (χ4n) is 3.00. The minimum atomic E-state index is -3.95. The number of sulfonamides is 1. The summed E-state index contributed by atoms with van der Waals surface area (Å²) in [6, 6.07) is 11.7. The van der Waals surface area contributed by atoms with E-state index in [-0.39, 0.29) is 15.9 Å². The molecule has 2 aromatic carbocycles. The van der Waals surface area contributed by atoms with Gasteiger partial charge < -0.3 is 10.3 Å². The fraction of sp³-hybridized carbons (Fsp3) is 0.0500. The van der Waals surface area contributed by atoms with Crippen LogP contribution in [0.1, 0.15) is 5.69 Å². The molecule has 0 bridgehead atoms. The number of benzene rings is 2. The van der Waals surface area contributed by atoms with Crippen LogP contribution in [0.2, 0.25) is 5.02 Å². The minimum Gasteiger partial charge on any atom is -0.368 e. The number of halogens is 1. The summed E-state index contributed by atoms with van der Waals surface area (Å²) in [4.78, 5) is 12.1. The van der Waals surface area contributed by atoms with Crippen LogP contribution < -0.4 is 10.5 Å². The molecule has 152 valence electrons. The van der Waals surface area contributed by atoms with E-state index >= 15 is 0 Å². The first-order chi connectivity index (χ1) is 14.3. The molecule has 0 aliphatic heterocycles. The zero-order valence-electron chi connectivity index (χ0n) is 15.8. The van der Waals surface area contributed by atoms with Gasteiger partial charge in [-0.05, 0) is 42.8 Å². The van der Waals surface area contributed by atoms with Crippen molar-refractivity contribution in [2.45, 2.75) is 11.8 Å². The van der Waals surface area contributed by atoms with Crippen molar-refractivity contribution >= 4 is 33.3 Å². The number of nitrogen functional groups attached to an aromatic ring is 1. The van der Waals surface area contributed by atoms with Crippen LogP contribution in [0.3, 0.4) is 0 Å². The summed E-state index contributed by atoms with van der Waals surface area (Å²) in [5.41, 5.74) is 8.69. The number of nitrogens with one attached hydrogen (secondary N) is 1. The van der Waals surface area contributed by atoms with Gasteiger partial charge in [-0.25, -0.2) is 23.4 Å². The van der Waals surface area contributed by atoms with E-state index in [4.69, 9.17) is 17.3 Å². The van der Waals surface area contributed by atoms with Crippen LogP contribution in [-0.2, 0) is 10.0 Å². The number of rotatable bonds is 5. The van der Waals surface area contributed by atoms with E-state index in [1.807, 2.05) is 6.07 Å². The smallest absolute Gasteiger partial charge is 0.263 e. The molecule has 0 atom stereocenters. The van der Waals surface area contributed by atoms with Crippen LogP contribution in [0.5, 0.6) is 0 Å². The molecule has 0 aliphatic rings. The number of nitrogens with zero attached hydrogens (tertiary/aromatic N) is 4. The summed E-state index contributed by atoms with van der Waals surface area (Å²) in [5.74, 6) is 0.150. The number of hydrogen-bond acceptors (Lipinski definition) is 6. The first-order valence-corrected chi connectivity index (χ1v) is 10.7. The summed E-state index contributed by atoms with van der Waals surface area (Å²) >= 11 is 6.23. The van der Waals surface area contributed by atoms with Gasteiger partial charge in [-0.3, -0.25) is 4.72 Å². The van der Waals surface area contributed by atoms with Gasteiger partial charge in [-0.15, -0.1) is 0 Å². The molecule has 0 saturated heterocycles. The molecule has 8 nitrogen and oxygen atoms in total. The number of nitrogens with two attached hydrogens (primary N) is 1.